The molecule has 0 spiro atoms. The van der Waals surface area contributed by atoms with Crippen LogP contribution in [0.2, 0.25) is 10.0 Å². The van der Waals surface area contributed by atoms with Crippen LogP contribution in [-0.2, 0) is 20.0 Å². The van der Waals surface area contributed by atoms with Crippen molar-refractivity contribution < 1.29 is 16.8 Å². The van der Waals surface area contributed by atoms with Crippen molar-refractivity contribution in [3.05, 3.63) is 52.5 Å². The molecule has 1 aliphatic rings. The van der Waals surface area contributed by atoms with Crippen LogP contribution in [0.5, 0.6) is 0 Å². The molecule has 2 aromatic rings. The summed E-state index contributed by atoms with van der Waals surface area (Å²) in [5, 5.41) is 0.275. The molecule has 1 heterocycles. The maximum atomic E-state index is 12.5. The van der Waals surface area contributed by atoms with E-state index in [0.29, 0.717) is 13.1 Å². The van der Waals surface area contributed by atoms with Crippen molar-refractivity contribution >= 4 is 48.9 Å². The van der Waals surface area contributed by atoms with E-state index >= 15 is 0 Å². The van der Waals surface area contributed by atoms with E-state index in [4.69, 9.17) is 23.2 Å². The van der Waals surface area contributed by atoms with Gasteiger partial charge in [-0.3, -0.25) is 4.72 Å². The van der Waals surface area contributed by atoms with Crippen LogP contribution in [-0.4, -0.2) is 34.2 Å². The van der Waals surface area contributed by atoms with Crippen LogP contribution in [0.1, 0.15) is 12.8 Å². The van der Waals surface area contributed by atoms with E-state index in [1.165, 1.54) is 46.8 Å². The number of rotatable bonds is 5. The second kappa shape index (κ2) is 7.36. The molecule has 0 atom stereocenters. The highest BCUT2D eigenvalue weighted by Crippen LogP contribution is 2.28. The van der Waals surface area contributed by atoms with Gasteiger partial charge < -0.3 is 0 Å². The van der Waals surface area contributed by atoms with E-state index in [0.717, 1.165) is 12.8 Å². The van der Waals surface area contributed by atoms with E-state index in [9.17, 15) is 16.8 Å². The lowest BCUT2D eigenvalue weighted by molar-refractivity contribution is 0.477. The van der Waals surface area contributed by atoms with Crippen LogP contribution in [0, 0.1) is 0 Å². The zero-order valence-electron chi connectivity index (χ0n) is 13.5. The van der Waals surface area contributed by atoms with Crippen molar-refractivity contribution in [2.24, 2.45) is 0 Å². The molecular formula is C16H16Cl2N2O4S2. The predicted molar refractivity (Wildman–Crippen MR) is 102 cm³/mol. The summed E-state index contributed by atoms with van der Waals surface area (Å²) in [7, 11) is -7.50. The quantitative estimate of drug-likeness (QED) is 0.778. The van der Waals surface area contributed by atoms with Crippen molar-refractivity contribution in [2.45, 2.75) is 22.6 Å². The van der Waals surface area contributed by atoms with Gasteiger partial charge in [-0.1, -0.05) is 23.2 Å². The molecular weight excluding hydrogens is 419 g/mol. The van der Waals surface area contributed by atoms with Gasteiger partial charge in [-0.25, -0.2) is 16.8 Å². The minimum absolute atomic E-state index is 0.0372. The number of anilines is 1. The van der Waals surface area contributed by atoms with Gasteiger partial charge in [0.1, 0.15) is 4.90 Å². The Kier molecular flexibility index (Phi) is 5.50. The molecule has 6 nitrogen and oxygen atoms in total. The van der Waals surface area contributed by atoms with Crippen LogP contribution >= 0.6 is 23.2 Å². The predicted octanol–water partition coefficient (Wildman–Crippen LogP) is 3.58. The SMILES string of the molecule is O=S(=O)(Nc1ccc(S(=O)(=O)N2CCCC2)cc1)c1cc(Cl)ccc1Cl. The second-order valence-electron chi connectivity index (χ2n) is 5.82. The van der Waals surface area contributed by atoms with Gasteiger partial charge in [-0.15, -0.1) is 0 Å². The van der Waals surface area contributed by atoms with Crippen LogP contribution in [0.4, 0.5) is 5.69 Å². The molecule has 1 aliphatic heterocycles. The molecule has 0 aliphatic carbocycles. The Hall–Kier alpha value is -1.32. The van der Waals surface area contributed by atoms with Gasteiger partial charge in [0, 0.05) is 23.8 Å². The number of nitrogens with one attached hydrogen (secondary N) is 1. The van der Waals surface area contributed by atoms with Gasteiger partial charge in [-0.05, 0) is 55.3 Å². The second-order valence-corrected chi connectivity index (χ2v) is 10.2. The van der Waals surface area contributed by atoms with Crippen molar-refractivity contribution in [1.82, 2.24) is 4.31 Å². The van der Waals surface area contributed by atoms with E-state index in [2.05, 4.69) is 4.72 Å². The van der Waals surface area contributed by atoms with Crippen molar-refractivity contribution in [3.8, 4) is 0 Å². The minimum Gasteiger partial charge on any atom is -0.280 e. The Morgan fingerprint density at radius 2 is 1.50 bits per heavy atom. The molecule has 10 heteroatoms. The summed E-state index contributed by atoms with van der Waals surface area (Å²) in [6, 6.07) is 9.69. The molecule has 1 N–H and O–H groups in total. The Bertz CT molecular complexity index is 1020. The smallest absolute Gasteiger partial charge is 0.263 e. The van der Waals surface area contributed by atoms with Crippen LogP contribution < -0.4 is 4.72 Å². The summed E-state index contributed by atoms with van der Waals surface area (Å²) in [5.74, 6) is 0. The number of sulfonamides is 2. The summed E-state index contributed by atoms with van der Waals surface area (Å²) in [6.45, 7) is 1.01. The third-order valence-electron chi connectivity index (χ3n) is 3.99. The van der Waals surface area contributed by atoms with Gasteiger partial charge in [-0.2, -0.15) is 4.31 Å². The third kappa shape index (κ3) is 3.99. The van der Waals surface area contributed by atoms with Gasteiger partial charge in [0.05, 0.1) is 9.92 Å². The first-order valence-corrected chi connectivity index (χ1v) is 11.5. The molecule has 0 radical (unpaired) electrons. The molecule has 0 saturated carbocycles. The number of benzene rings is 2. The largest absolute Gasteiger partial charge is 0.280 e. The fraction of sp³-hybridized carbons (Fsp3) is 0.250. The van der Waals surface area contributed by atoms with Crippen LogP contribution in [0.3, 0.4) is 0 Å². The first-order chi connectivity index (χ1) is 12.2. The van der Waals surface area contributed by atoms with E-state index in [1.54, 1.807) is 0 Å². The molecule has 26 heavy (non-hydrogen) atoms. The van der Waals surface area contributed by atoms with Gasteiger partial charge in [0.15, 0.2) is 0 Å². The van der Waals surface area contributed by atoms with E-state index in [-0.39, 0.29) is 25.5 Å². The summed E-state index contributed by atoms with van der Waals surface area (Å²) >= 11 is 11.8. The number of halogens is 2. The monoisotopic (exact) mass is 434 g/mol. The van der Waals surface area contributed by atoms with Gasteiger partial charge in [0.25, 0.3) is 10.0 Å². The Morgan fingerprint density at radius 1 is 0.885 bits per heavy atom. The van der Waals surface area contributed by atoms with Crippen molar-refractivity contribution in [3.63, 3.8) is 0 Å². The third-order valence-corrected chi connectivity index (χ3v) is 8.00. The average Bonchev–Trinajstić information content (AvgIpc) is 3.12. The number of hydrogen-bond donors (Lipinski definition) is 1. The van der Waals surface area contributed by atoms with Gasteiger partial charge in [0.2, 0.25) is 10.0 Å². The zero-order valence-corrected chi connectivity index (χ0v) is 16.7. The molecule has 1 saturated heterocycles. The van der Waals surface area contributed by atoms with Crippen molar-refractivity contribution in [2.75, 3.05) is 17.8 Å². The maximum Gasteiger partial charge on any atom is 0.263 e. The molecule has 0 unspecified atom stereocenters. The molecule has 140 valence electrons. The lowest BCUT2D eigenvalue weighted by Crippen LogP contribution is -2.27. The Morgan fingerprint density at radius 3 is 2.12 bits per heavy atom. The lowest BCUT2D eigenvalue weighted by Gasteiger charge is -2.16. The Balaban J connectivity index is 1.84. The molecule has 0 amide bonds. The Labute approximate surface area is 162 Å². The highest BCUT2D eigenvalue weighted by molar-refractivity contribution is 7.92. The highest BCUT2D eigenvalue weighted by Gasteiger charge is 2.27. The summed E-state index contributed by atoms with van der Waals surface area (Å²) in [6.07, 6.45) is 1.69. The molecule has 0 aromatic heterocycles. The maximum absolute atomic E-state index is 12.5. The normalized spacial score (nSPS) is 15.9. The molecule has 1 fully saturated rings. The first-order valence-electron chi connectivity index (χ1n) is 7.78. The van der Waals surface area contributed by atoms with Crippen LogP contribution in [0.25, 0.3) is 0 Å². The topological polar surface area (TPSA) is 83.5 Å². The fourth-order valence-corrected chi connectivity index (χ4v) is 6.01. The minimum atomic E-state index is -3.96. The first kappa shape index (κ1) is 19.4. The summed E-state index contributed by atoms with van der Waals surface area (Å²) in [4.78, 5) is -0.0245. The van der Waals surface area contributed by atoms with Gasteiger partial charge >= 0.3 is 0 Å². The average molecular weight is 435 g/mol. The molecule has 2 aromatic carbocycles. The standard InChI is InChI=1S/C16H16Cl2N2O4S2/c17-12-3-8-15(18)16(11-12)25(21,22)19-13-4-6-14(7-5-13)26(23,24)20-9-1-2-10-20/h3-8,11,19H,1-2,9-10H2. The zero-order chi connectivity index (χ0) is 18.9. The summed E-state index contributed by atoms with van der Waals surface area (Å²) < 4.78 is 53.7. The lowest BCUT2D eigenvalue weighted by atomic mass is 10.3. The molecule has 3 rings (SSSR count). The summed E-state index contributed by atoms with van der Waals surface area (Å²) in [5.41, 5.74) is 0.224. The van der Waals surface area contributed by atoms with Crippen molar-refractivity contribution in [1.29, 1.82) is 0 Å². The fourth-order valence-electron chi connectivity index (χ4n) is 2.67. The van der Waals surface area contributed by atoms with E-state index < -0.39 is 20.0 Å². The van der Waals surface area contributed by atoms with E-state index in [1.807, 2.05) is 0 Å². The molecule has 0 bridgehead atoms. The number of hydrogen-bond acceptors (Lipinski definition) is 4. The van der Waals surface area contributed by atoms with Crippen LogP contribution in [0.15, 0.2) is 52.3 Å². The highest BCUT2D eigenvalue weighted by atomic mass is 35.5. The number of nitrogens with zero attached hydrogens (tertiary/aromatic N) is 1.